The predicted octanol–water partition coefficient (Wildman–Crippen LogP) is 4.53. The first-order valence-corrected chi connectivity index (χ1v) is 10.8. The molecule has 0 radical (unpaired) electrons. The highest BCUT2D eigenvalue weighted by molar-refractivity contribution is 6.00. The summed E-state index contributed by atoms with van der Waals surface area (Å²) in [5.74, 6) is -0.456. The quantitative estimate of drug-likeness (QED) is 0.634. The van der Waals surface area contributed by atoms with Gasteiger partial charge >= 0.3 is 0 Å². The van der Waals surface area contributed by atoms with Crippen LogP contribution in [0.4, 0.5) is 11.4 Å². The van der Waals surface area contributed by atoms with Gasteiger partial charge < -0.3 is 15.5 Å². The Morgan fingerprint density at radius 3 is 2.53 bits per heavy atom. The van der Waals surface area contributed by atoms with Crippen molar-refractivity contribution in [3.05, 3.63) is 65.7 Å². The zero-order chi connectivity index (χ0) is 21.3. The molecule has 0 aliphatic carbocycles. The van der Waals surface area contributed by atoms with Crippen molar-refractivity contribution < 1.29 is 9.59 Å². The summed E-state index contributed by atoms with van der Waals surface area (Å²) in [5.41, 5.74) is 4.01. The maximum atomic E-state index is 12.8. The summed E-state index contributed by atoms with van der Waals surface area (Å²) in [7, 11) is 0. The minimum atomic E-state index is -0.569. The van der Waals surface area contributed by atoms with Crippen LogP contribution in [-0.4, -0.2) is 30.9 Å². The van der Waals surface area contributed by atoms with Crippen molar-refractivity contribution in [2.45, 2.75) is 45.6 Å². The molecule has 0 bridgehead atoms. The third-order valence-corrected chi connectivity index (χ3v) is 5.30. The maximum absolute atomic E-state index is 12.8. The number of hydrogen-bond donors (Lipinski definition) is 2. The molecule has 2 amide bonds. The van der Waals surface area contributed by atoms with Crippen LogP contribution in [0, 0.1) is 6.92 Å². The normalized spacial score (nSPS) is 14.7. The lowest BCUT2D eigenvalue weighted by molar-refractivity contribution is -0.123. The highest BCUT2D eigenvalue weighted by atomic mass is 16.2. The molecule has 1 unspecified atom stereocenters. The first-order chi connectivity index (χ1) is 14.5. The number of amides is 2. The zero-order valence-electron chi connectivity index (χ0n) is 17.9. The van der Waals surface area contributed by atoms with Gasteiger partial charge in [0.1, 0.15) is 6.04 Å². The third-order valence-electron chi connectivity index (χ3n) is 5.30. The van der Waals surface area contributed by atoms with Gasteiger partial charge in [-0.25, -0.2) is 0 Å². The van der Waals surface area contributed by atoms with Gasteiger partial charge in [-0.1, -0.05) is 49.2 Å². The lowest BCUT2D eigenvalue weighted by Crippen LogP contribution is -2.43. The fourth-order valence-electron chi connectivity index (χ4n) is 3.61. The number of anilines is 2. The Morgan fingerprint density at radius 1 is 1.10 bits per heavy atom. The number of benzene rings is 2. The minimum Gasteiger partial charge on any atom is -0.371 e. The summed E-state index contributed by atoms with van der Waals surface area (Å²) >= 11 is 0. The second-order valence-corrected chi connectivity index (χ2v) is 7.83. The van der Waals surface area contributed by atoms with Crippen LogP contribution in [-0.2, 0) is 9.59 Å². The number of rotatable bonds is 8. The third kappa shape index (κ3) is 6.21. The molecular formula is C25H31N3O2. The van der Waals surface area contributed by atoms with Crippen LogP contribution < -0.4 is 15.5 Å². The van der Waals surface area contributed by atoms with Gasteiger partial charge in [0.2, 0.25) is 11.8 Å². The number of carbonyl (C=O) groups is 2. The van der Waals surface area contributed by atoms with Gasteiger partial charge in [-0.05, 0) is 56.0 Å². The zero-order valence-corrected chi connectivity index (χ0v) is 17.9. The molecule has 2 aromatic carbocycles. The molecule has 0 aromatic heterocycles. The lowest BCUT2D eigenvalue weighted by atomic mass is 10.1. The summed E-state index contributed by atoms with van der Waals surface area (Å²) in [6.45, 7) is 6.13. The maximum Gasteiger partial charge on any atom is 0.246 e. The Bertz CT molecular complexity index is 884. The van der Waals surface area contributed by atoms with Crippen molar-refractivity contribution in [2.75, 3.05) is 23.3 Å². The second-order valence-electron chi connectivity index (χ2n) is 7.83. The Morgan fingerprint density at radius 2 is 1.83 bits per heavy atom. The predicted molar refractivity (Wildman–Crippen MR) is 124 cm³/mol. The molecular weight excluding hydrogens is 374 g/mol. The van der Waals surface area contributed by atoms with E-state index in [1.54, 1.807) is 6.08 Å². The van der Waals surface area contributed by atoms with E-state index in [-0.39, 0.29) is 11.8 Å². The molecule has 1 fully saturated rings. The smallest absolute Gasteiger partial charge is 0.246 e. The molecule has 1 atom stereocenters. The van der Waals surface area contributed by atoms with Crippen molar-refractivity contribution in [3.8, 4) is 0 Å². The van der Waals surface area contributed by atoms with Gasteiger partial charge in [-0.3, -0.25) is 9.59 Å². The van der Waals surface area contributed by atoms with E-state index in [0.29, 0.717) is 6.42 Å². The van der Waals surface area contributed by atoms with Crippen molar-refractivity contribution in [2.24, 2.45) is 0 Å². The van der Waals surface area contributed by atoms with Crippen LogP contribution >= 0.6 is 0 Å². The van der Waals surface area contributed by atoms with Gasteiger partial charge in [-0.2, -0.15) is 0 Å². The molecule has 3 rings (SSSR count). The molecule has 0 spiro atoms. The monoisotopic (exact) mass is 405 g/mol. The van der Waals surface area contributed by atoms with Crippen LogP contribution in [0.3, 0.4) is 0 Å². The molecule has 2 N–H and O–H groups in total. The fourth-order valence-corrected chi connectivity index (χ4v) is 3.61. The standard InChI is InChI=1S/C25H31N3O2/c1-3-7-23(27-24(29)15-14-20-12-10-19(2)11-13-20)25(30)26-21-8-6-9-22(18-21)28-16-4-5-17-28/h6,8-15,18,23H,3-5,7,16-17H2,1-2H3,(H,26,30)(H,27,29)/b15-14+. The van der Waals surface area contributed by atoms with Gasteiger partial charge in [0.15, 0.2) is 0 Å². The molecule has 1 aliphatic rings. The van der Waals surface area contributed by atoms with E-state index in [2.05, 4.69) is 21.6 Å². The van der Waals surface area contributed by atoms with Crippen LogP contribution in [0.5, 0.6) is 0 Å². The van der Waals surface area contributed by atoms with E-state index in [0.717, 1.165) is 36.4 Å². The largest absolute Gasteiger partial charge is 0.371 e. The van der Waals surface area contributed by atoms with Crippen LogP contribution in [0.25, 0.3) is 6.08 Å². The summed E-state index contributed by atoms with van der Waals surface area (Å²) in [4.78, 5) is 27.5. The van der Waals surface area contributed by atoms with E-state index in [4.69, 9.17) is 0 Å². The molecule has 158 valence electrons. The average molecular weight is 406 g/mol. The molecule has 1 saturated heterocycles. The summed E-state index contributed by atoms with van der Waals surface area (Å²) in [5, 5.41) is 5.81. The Kier molecular flexibility index (Phi) is 7.66. The van der Waals surface area contributed by atoms with Gasteiger partial charge in [0.05, 0.1) is 0 Å². The van der Waals surface area contributed by atoms with Crippen LogP contribution in [0.15, 0.2) is 54.6 Å². The SMILES string of the molecule is CCCC(NC(=O)/C=C/c1ccc(C)cc1)C(=O)Nc1cccc(N2CCCC2)c1. The molecule has 1 aliphatic heterocycles. The molecule has 5 nitrogen and oxygen atoms in total. The number of aryl methyl sites for hydroxylation is 1. The van der Waals surface area contributed by atoms with E-state index in [1.807, 2.05) is 56.3 Å². The van der Waals surface area contributed by atoms with Gasteiger partial charge in [-0.15, -0.1) is 0 Å². The van der Waals surface area contributed by atoms with E-state index >= 15 is 0 Å². The topological polar surface area (TPSA) is 61.4 Å². The highest BCUT2D eigenvalue weighted by Crippen LogP contribution is 2.23. The van der Waals surface area contributed by atoms with Crippen LogP contribution in [0.1, 0.15) is 43.7 Å². The number of nitrogens with zero attached hydrogens (tertiary/aromatic N) is 1. The Labute approximate surface area is 179 Å². The first kappa shape index (κ1) is 21.6. The minimum absolute atomic E-state index is 0.187. The molecule has 1 heterocycles. The molecule has 2 aromatic rings. The molecule has 5 heteroatoms. The van der Waals surface area contributed by atoms with E-state index in [9.17, 15) is 9.59 Å². The number of nitrogens with one attached hydrogen (secondary N) is 2. The average Bonchev–Trinajstić information content (AvgIpc) is 3.28. The van der Waals surface area contributed by atoms with Gasteiger partial charge in [0, 0.05) is 30.5 Å². The summed E-state index contributed by atoms with van der Waals surface area (Å²) in [6.07, 6.45) is 7.04. The Hall–Kier alpha value is -3.08. The lowest BCUT2D eigenvalue weighted by Gasteiger charge is -2.20. The van der Waals surface area contributed by atoms with E-state index < -0.39 is 6.04 Å². The fraction of sp³-hybridized carbons (Fsp3) is 0.360. The summed E-state index contributed by atoms with van der Waals surface area (Å²) < 4.78 is 0. The van der Waals surface area contributed by atoms with E-state index in [1.165, 1.54) is 24.5 Å². The van der Waals surface area contributed by atoms with Crippen molar-refractivity contribution in [1.29, 1.82) is 0 Å². The van der Waals surface area contributed by atoms with Crippen LogP contribution in [0.2, 0.25) is 0 Å². The number of hydrogen-bond acceptors (Lipinski definition) is 3. The van der Waals surface area contributed by atoms with Crippen molar-refractivity contribution in [1.82, 2.24) is 5.32 Å². The highest BCUT2D eigenvalue weighted by Gasteiger charge is 2.20. The van der Waals surface area contributed by atoms with Crippen molar-refractivity contribution >= 4 is 29.3 Å². The molecule has 30 heavy (non-hydrogen) atoms. The first-order valence-electron chi connectivity index (χ1n) is 10.8. The summed E-state index contributed by atoms with van der Waals surface area (Å²) in [6, 6.07) is 15.3. The second kappa shape index (κ2) is 10.6. The number of carbonyl (C=O) groups excluding carboxylic acids is 2. The Balaban J connectivity index is 1.60. The van der Waals surface area contributed by atoms with Gasteiger partial charge in [0.25, 0.3) is 0 Å². The molecule has 0 saturated carbocycles. The van der Waals surface area contributed by atoms with Crippen molar-refractivity contribution in [3.63, 3.8) is 0 Å².